The molecule has 388 valence electrons. The van der Waals surface area contributed by atoms with Crippen molar-refractivity contribution in [3.63, 3.8) is 0 Å². The third-order valence-electron chi connectivity index (χ3n) is 13.6. The van der Waals surface area contributed by atoms with Crippen molar-refractivity contribution in [3.8, 4) is 5.75 Å². The quantitative estimate of drug-likeness (QED) is 0.0341. The zero-order chi connectivity index (χ0) is 50.1. The highest BCUT2D eigenvalue weighted by molar-refractivity contribution is 7.92. The van der Waals surface area contributed by atoms with Gasteiger partial charge in [-0.3, -0.25) is 9.52 Å². The van der Waals surface area contributed by atoms with E-state index in [9.17, 15) is 18.3 Å². The number of hydrogen-bond acceptors (Lipinski definition) is 6. The Morgan fingerprint density at radius 1 is 0.543 bits per heavy atom. The summed E-state index contributed by atoms with van der Waals surface area (Å²) in [7, 11) is -4.11. The van der Waals surface area contributed by atoms with Crippen molar-refractivity contribution in [3.05, 3.63) is 88.4 Å². The number of sulfonamides is 1. The topological polar surface area (TPSA) is 111 Å². The van der Waals surface area contributed by atoms with Gasteiger partial charge in [-0.2, -0.15) is 0 Å². The van der Waals surface area contributed by atoms with Crippen molar-refractivity contribution in [2.24, 2.45) is 10.2 Å². The van der Waals surface area contributed by atoms with E-state index in [1.54, 1.807) is 54.6 Å². The van der Waals surface area contributed by atoms with Gasteiger partial charge in [0.05, 0.1) is 9.92 Å². The van der Waals surface area contributed by atoms with E-state index in [2.05, 4.69) is 28.8 Å². The maximum Gasteiger partial charge on any atom is 0.261 e. The van der Waals surface area contributed by atoms with Gasteiger partial charge in [0.15, 0.2) is 0 Å². The van der Waals surface area contributed by atoms with Crippen LogP contribution in [0.1, 0.15) is 230 Å². The lowest BCUT2D eigenvalue weighted by molar-refractivity contribution is 0.0749. The molecule has 0 fully saturated rings. The highest BCUT2D eigenvalue weighted by Gasteiger charge is 2.21. The summed E-state index contributed by atoms with van der Waals surface area (Å²) >= 11 is 12.4. The zero-order valence-electron chi connectivity index (χ0n) is 43.1. The Morgan fingerprint density at radius 3 is 1.49 bits per heavy atom. The molecule has 1 amide bonds. The first-order valence-corrected chi connectivity index (χ1v) is 29.9. The second-order valence-corrected chi connectivity index (χ2v) is 22.2. The molecule has 0 radical (unpaired) electrons. The molecule has 0 unspecified atom stereocenters. The number of hydrogen-bond donors (Lipinski definition) is 2. The fraction of sp³-hybridized carbons (Fsp3) is 0.610. The highest BCUT2D eigenvalue weighted by Crippen LogP contribution is 2.39. The number of rotatable bonds is 40. The zero-order valence-corrected chi connectivity index (χ0v) is 45.5. The molecule has 0 saturated carbocycles. The van der Waals surface area contributed by atoms with Crippen LogP contribution in [0.2, 0.25) is 10.0 Å². The molecule has 11 heteroatoms. The number of nitrogens with one attached hydrogen (secondary N) is 1. The summed E-state index contributed by atoms with van der Waals surface area (Å²) in [5, 5.41) is 21.3. The Labute approximate surface area is 434 Å². The van der Waals surface area contributed by atoms with Crippen molar-refractivity contribution in [2.75, 3.05) is 17.8 Å². The molecule has 8 nitrogen and oxygen atoms in total. The maximum absolute atomic E-state index is 14.2. The predicted molar refractivity (Wildman–Crippen MR) is 298 cm³/mol. The van der Waals surface area contributed by atoms with Crippen molar-refractivity contribution < 1.29 is 18.3 Å². The largest absolute Gasteiger partial charge is 0.506 e. The van der Waals surface area contributed by atoms with Crippen LogP contribution >= 0.6 is 23.2 Å². The van der Waals surface area contributed by atoms with E-state index in [1.165, 1.54) is 198 Å². The number of phenolic OH excluding ortho intramolecular Hbond substituents is 1. The average molecular weight is 1020 g/mol. The number of carbonyl (C=O) groups is 1. The van der Waals surface area contributed by atoms with Crippen LogP contribution in [-0.2, 0) is 10.0 Å². The van der Waals surface area contributed by atoms with Gasteiger partial charge in [-0.05, 0) is 72.8 Å². The van der Waals surface area contributed by atoms with Crippen molar-refractivity contribution >= 4 is 67.0 Å². The molecule has 2 N–H and O–H groups in total. The van der Waals surface area contributed by atoms with Crippen LogP contribution in [-0.4, -0.2) is 37.4 Å². The van der Waals surface area contributed by atoms with Crippen LogP contribution in [0.5, 0.6) is 5.75 Å². The number of unbranched alkanes of at least 4 members (excludes halogenated alkanes) is 30. The first kappa shape index (κ1) is 58.9. The number of nitrogens with zero attached hydrogens (tertiary/aromatic N) is 3. The third-order valence-corrected chi connectivity index (χ3v) is 15.6. The van der Waals surface area contributed by atoms with Crippen LogP contribution < -0.4 is 4.72 Å². The predicted octanol–water partition coefficient (Wildman–Crippen LogP) is 20.0. The van der Waals surface area contributed by atoms with Crippen molar-refractivity contribution in [1.29, 1.82) is 0 Å². The van der Waals surface area contributed by atoms with Crippen LogP contribution in [0.15, 0.2) is 87.9 Å². The molecule has 0 aliphatic heterocycles. The first-order chi connectivity index (χ1) is 34.1. The van der Waals surface area contributed by atoms with Gasteiger partial charge in [-0.1, -0.05) is 248 Å². The van der Waals surface area contributed by atoms with Gasteiger partial charge in [0.2, 0.25) is 0 Å². The summed E-state index contributed by atoms with van der Waals surface area (Å²) in [6, 6.07) is 19.4. The normalized spacial score (nSPS) is 11.8. The molecule has 0 aliphatic rings. The highest BCUT2D eigenvalue weighted by atomic mass is 35.5. The van der Waals surface area contributed by atoms with Crippen LogP contribution in [0.3, 0.4) is 0 Å². The van der Waals surface area contributed by atoms with Crippen LogP contribution in [0.25, 0.3) is 10.8 Å². The van der Waals surface area contributed by atoms with E-state index in [0.717, 1.165) is 25.7 Å². The monoisotopic (exact) mass is 1020 g/mol. The maximum atomic E-state index is 14.2. The van der Waals surface area contributed by atoms with E-state index in [-0.39, 0.29) is 27.9 Å². The van der Waals surface area contributed by atoms with Gasteiger partial charge in [0, 0.05) is 34.7 Å². The molecule has 4 rings (SSSR count). The van der Waals surface area contributed by atoms with Gasteiger partial charge in [0.1, 0.15) is 17.1 Å². The van der Waals surface area contributed by atoms with E-state index < -0.39 is 10.0 Å². The second kappa shape index (κ2) is 35.5. The molecule has 0 spiro atoms. The molecule has 4 aromatic carbocycles. The number of carbonyl (C=O) groups excluding carboxylic acids is 1. The Balaban J connectivity index is 1.30. The molecule has 0 bridgehead atoms. The number of anilines is 1. The molecule has 0 aromatic heterocycles. The third kappa shape index (κ3) is 23.3. The van der Waals surface area contributed by atoms with E-state index >= 15 is 0 Å². The lowest BCUT2D eigenvalue weighted by Crippen LogP contribution is -2.33. The minimum absolute atomic E-state index is 0.00497. The molecule has 0 saturated heterocycles. The Kier molecular flexibility index (Phi) is 29.8. The van der Waals surface area contributed by atoms with Gasteiger partial charge in [-0.25, -0.2) is 8.42 Å². The summed E-state index contributed by atoms with van der Waals surface area (Å²) in [6.45, 7) is 5.88. The SMILES string of the molecule is CCCCCCCCCCCCCCCCCCN(CCCCCCCCCCCCCCCCCC)C(=O)c1cccc(S(=O)(=O)Nc2ccc3ccc(O)c(/N=N/c4cc(Cl)ccc4Cl)c3c2)c1. The summed E-state index contributed by atoms with van der Waals surface area (Å²) in [5.74, 6) is -0.265. The van der Waals surface area contributed by atoms with E-state index in [1.807, 2.05) is 4.90 Å². The van der Waals surface area contributed by atoms with Gasteiger partial charge < -0.3 is 10.0 Å². The smallest absolute Gasteiger partial charge is 0.261 e. The van der Waals surface area contributed by atoms with Crippen molar-refractivity contribution in [1.82, 2.24) is 4.90 Å². The summed E-state index contributed by atoms with van der Waals surface area (Å²) in [4.78, 5) is 16.2. The van der Waals surface area contributed by atoms with Gasteiger partial charge in [-0.15, -0.1) is 10.2 Å². The number of halogens is 2. The molecule has 70 heavy (non-hydrogen) atoms. The summed E-state index contributed by atoms with van der Waals surface area (Å²) < 4.78 is 30.6. The molecule has 0 aliphatic carbocycles. The minimum Gasteiger partial charge on any atom is -0.506 e. The Hall–Kier alpha value is -3.66. The van der Waals surface area contributed by atoms with Crippen molar-refractivity contribution in [2.45, 2.75) is 224 Å². The molecular weight excluding hydrogens is 932 g/mol. The Bertz CT molecular complexity index is 2180. The number of benzene rings is 4. The average Bonchev–Trinajstić information content (AvgIpc) is 3.35. The second-order valence-electron chi connectivity index (χ2n) is 19.7. The molecular formula is C59H88Cl2N4O4S. The minimum atomic E-state index is -4.11. The molecule has 0 atom stereocenters. The van der Waals surface area contributed by atoms with E-state index in [4.69, 9.17) is 23.2 Å². The molecule has 0 heterocycles. The number of fused-ring (bicyclic) bond motifs is 1. The molecule has 4 aromatic rings. The fourth-order valence-electron chi connectivity index (χ4n) is 9.34. The number of phenols is 1. The van der Waals surface area contributed by atoms with Gasteiger partial charge >= 0.3 is 0 Å². The fourth-order valence-corrected chi connectivity index (χ4v) is 10.8. The van der Waals surface area contributed by atoms with Gasteiger partial charge in [0.25, 0.3) is 15.9 Å². The Morgan fingerprint density at radius 2 is 1.00 bits per heavy atom. The summed E-state index contributed by atoms with van der Waals surface area (Å²) in [6.07, 6.45) is 41.5. The summed E-state index contributed by atoms with van der Waals surface area (Å²) in [5.41, 5.74) is 1.10. The van der Waals surface area contributed by atoms with E-state index in [0.29, 0.717) is 45.2 Å². The lowest BCUT2D eigenvalue weighted by atomic mass is 10.0. The van der Waals surface area contributed by atoms with Crippen LogP contribution in [0, 0.1) is 0 Å². The standard InChI is InChI=1S/C59H88Cl2N4O4S/c1-3-5-7-9-11-13-15-17-19-21-23-25-27-29-31-33-44-65(45-34-32-30-28-26-24-22-20-18-16-14-12-10-8-6-4-2)59(67)50-36-35-37-53(46-50)70(68,69)64-52-41-38-49-39-43-57(66)58(54(49)48-52)63-62-56-47-51(60)40-42-55(56)61/h35-43,46-48,64,66H,3-34,44-45H2,1-2H3/b63-62+. The first-order valence-electron chi connectivity index (χ1n) is 27.7. The number of azo groups is 1. The lowest BCUT2D eigenvalue weighted by Gasteiger charge is -2.23. The number of aromatic hydroxyl groups is 1. The number of amides is 1. The van der Waals surface area contributed by atoms with Crippen LogP contribution in [0.4, 0.5) is 17.1 Å².